The number of carbonyl (C=O) groups is 3. The van der Waals surface area contributed by atoms with Crippen molar-refractivity contribution in [3.8, 4) is 0 Å². The van der Waals surface area contributed by atoms with E-state index in [0.717, 1.165) is 52.1 Å². The number of fused-ring (bicyclic) bond motifs is 2. The number of esters is 1. The number of hydrogen-bond donors (Lipinski definition) is 2. The van der Waals surface area contributed by atoms with Gasteiger partial charge < -0.3 is 19.7 Å². The second kappa shape index (κ2) is 11.0. The van der Waals surface area contributed by atoms with Crippen LogP contribution in [0.4, 0.5) is 14.6 Å². The molecule has 0 saturated carbocycles. The van der Waals surface area contributed by atoms with Gasteiger partial charge in [0.1, 0.15) is 10.6 Å². The van der Waals surface area contributed by atoms with Crippen LogP contribution in [0.15, 0.2) is 0 Å². The summed E-state index contributed by atoms with van der Waals surface area (Å²) in [5, 5.41) is 6.29. The van der Waals surface area contributed by atoms with Gasteiger partial charge in [-0.25, -0.2) is 14.4 Å². The standard InChI is InChI=1S/C25H32ClN3O5S2/c1-5-33-22(30)19-15-8-6-7-9-17(15)36-21(19)28-23(31)27-12-16-14-10-11-29(13-18(14)35-20(16)26)24(32)34-25(2,3)4/h5-13H2,1-4H3,(H2,27,28,31). The van der Waals surface area contributed by atoms with Crippen LogP contribution >= 0.6 is 34.3 Å². The zero-order valence-electron chi connectivity index (χ0n) is 21.0. The van der Waals surface area contributed by atoms with Gasteiger partial charge >= 0.3 is 18.1 Å². The lowest BCUT2D eigenvalue weighted by Crippen LogP contribution is -2.39. The maximum atomic E-state index is 12.8. The third-order valence-electron chi connectivity index (χ3n) is 6.07. The maximum absolute atomic E-state index is 12.8. The van der Waals surface area contributed by atoms with Crippen molar-refractivity contribution in [1.82, 2.24) is 10.2 Å². The summed E-state index contributed by atoms with van der Waals surface area (Å²) in [5.74, 6) is -0.392. The van der Waals surface area contributed by atoms with Gasteiger partial charge in [0.15, 0.2) is 0 Å². The highest BCUT2D eigenvalue weighted by atomic mass is 35.5. The Hall–Kier alpha value is -2.30. The van der Waals surface area contributed by atoms with Crippen LogP contribution in [0.3, 0.4) is 0 Å². The number of rotatable bonds is 5. The smallest absolute Gasteiger partial charge is 0.410 e. The molecule has 0 atom stereocenters. The predicted octanol–water partition coefficient (Wildman–Crippen LogP) is 6.13. The first-order chi connectivity index (χ1) is 17.1. The first kappa shape index (κ1) is 26.8. The number of halogens is 1. The average molecular weight is 554 g/mol. The molecule has 3 heterocycles. The summed E-state index contributed by atoms with van der Waals surface area (Å²) in [6.45, 7) is 8.80. The highest BCUT2D eigenvalue weighted by Gasteiger charge is 2.30. The molecule has 1 aliphatic carbocycles. The van der Waals surface area contributed by atoms with E-state index < -0.39 is 17.6 Å². The van der Waals surface area contributed by atoms with Crippen LogP contribution in [0.25, 0.3) is 0 Å². The van der Waals surface area contributed by atoms with E-state index in [-0.39, 0.29) is 19.2 Å². The molecule has 0 aromatic carbocycles. The summed E-state index contributed by atoms with van der Waals surface area (Å²) in [5.41, 5.74) is 2.88. The zero-order chi connectivity index (χ0) is 26.0. The van der Waals surface area contributed by atoms with Crippen LogP contribution in [-0.2, 0) is 41.8 Å². The van der Waals surface area contributed by atoms with Crippen LogP contribution in [-0.4, -0.2) is 41.7 Å². The Morgan fingerprint density at radius 2 is 1.81 bits per heavy atom. The Balaban J connectivity index is 1.42. The number of anilines is 1. The average Bonchev–Trinajstić information content (AvgIpc) is 3.32. The van der Waals surface area contributed by atoms with E-state index in [1.165, 1.54) is 22.7 Å². The molecule has 0 saturated heterocycles. The van der Waals surface area contributed by atoms with Crippen molar-refractivity contribution in [1.29, 1.82) is 0 Å². The largest absolute Gasteiger partial charge is 0.462 e. The molecule has 196 valence electrons. The lowest BCUT2D eigenvalue weighted by molar-refractivity contribution is 0.0226. The number of amides is 3. The Morgan fingerprint density at radius 1 is 1.06 bits per heavy atom. The molecule has 36 heavy (non-hydrogen) atoms. The lowest BCUT2D eigenvalue weighted by atomic mass is 9.95. The predicted molar refractivity (Wildman–Crippen MR) is 142 cm³/mol. The second-order valence-corrected chi connectivity index (χ2v) is 12.7. The van der Waals surface area contributed by atoms with Gasteiger partial charge in [0.25, 0.3) is 0 Å². The van der Waals surface area contributed by atoms with Crippen molar-refractivity contribution < 1.29 is 23.9 Å². The van der Waals surface area contributed by atoms with Crippen molar-refractivity contribution >= 4 is 57.4 Å². The van der Waals surface area contributed by atoms with Gasteiger partial charge in [-0.1, -0.05) is 11.6 Å². The summed E-state index contributed by atoms with van der Waals surface area (Å²) < 4.78 is 11.4. The Kier molecular flexibility index (Phi) is 8.16. The normalized spacial score (nSPS) is 15.1. The Morgan fingerprint density at radius 3 is 2.53 bits per heavy atom. The van der Waals surface area contributed by atoms with Crippen LogP contribution in [0.5, 0.6) is 0 Å². The first-order valence-electron chi connectivity index (χ1n) is 12.2. The number of aryl methyl sites for hydroxylation is 1. The number of urea groups is 1. The molecule has 4 rings (SSSR count). The minimum absolute atomic E-state index is 0.253. The zero-order valence-corrected chi connectivity index (χ0v) is 23.4. The van der Waals surface area contributed by atoms with Crippen molar-refractivity contribution in [3.63, 3.8) is 0 Å². The van der Waals surface area contributed by atoms with E-state index in [9.17, 15) is 14.4 Å². The fraction of sp³-hybridized carbons (Fsp3) is 0.560. The summed E-state index contributed by atoms with van der Waals surface area (Å²) >= 11 is 9.42. The highest BCUT2D eigenvalue weighted by Crippen LogP contribution is 2.39. The molecular formula is C25H32ClN3O5S2. The first-order valence-corrected chi connectivity index (χ1v) is 14.2. The summed E-state index contributed by atoms with van der Waals surface area (Å²) in [6, 6.07) is -0.402. The molecule has 0 spiro atoms. The SMILES string of the molecule is CCOC(=O)c1c(NC(=O)NCc2c(Cl)sc3c2CCN(C(=O)OC(C)(C)C)C3)sc2c1CCCC2. The summed E-state index contributed by atoms with van der Waals surface area (Å²) in [7, 11) is 0. The van der Waals surface area contributed by atoms with Crippen LogP contribution < -0.4 is 10.6 Å². The summed E-state index contributed by atoms with van der Waals surface area (Å²) in [4.78, 5) is 41.8. The van der Waals surface area contributed by atoms with Gasteiger partial charge in [-0.15, -0.1) is 22.7 Å². The van der Waals surface area contributed by atoms with E-state index in [0.29, 0.717) is 34.4 Å². The maximum Gasteiger partial charge on any atom is 0.410 e. The fourth-order valence-corrected chi connectivity index (χ4v) is 7.32. The molecule has 2 aliphatic rings. The van der Waals surface area contributed by atoms with Crippen LogP contribution in [0.1, 0.15) is 77.3 Å². The van der Waals surface area contributed by atoms with Gasteiger partial charge in [0, 0.05) is 28.4 Å². The van der Waals surface area contributed by atoms with E-state index >= 15 is 0 Å². The quantitative estimate of drug-likeness (QED) is 0.434. The third kappa shape index (κ3) is 5.98. The topological polar surface area (TPSA) is 97.0 Å². The number of nitrogens with one attached hydrogen (secondary N) is 2. The van der Waals surface area contributed by atoms with E-state index in [2.05, 4.69) is 10.6 Å². The fourth-order valence-electron chi connectivity index (χ4n) is 4.48. The molecule has 0 bridgehead atoms. The second-order valence-electron chi connectivity index (χ2n) is 9.85. The Bertz CT molecular complexity index is 1170. The molecule has 2 aromatic rings. The lowest BCUT2D eigenvalue weighted by Gasteiger charge is -2.30. The van der Waals surface area contributed by atoms with Gasteiger partial charge in [-0.05, 0) is 70.9 Å². The minimum atomic E-state index is -0.554. The highest BCUT2D eigenvalue weighted by molar-refractivity contribution is 7.17. The molecule has 0 radical (unpaired) electrons. The monoisotopic (exact) mass is 553 g/mol. The molecule has 11 heteroatoms. The van der Waals surface area contributed by atoms with Crippen molar-refractivity contribution in [3.05, 3.63) is 36.3 Å². The number of ether oxygens (including phenoxy) is 2. The van der Waals surface area contributed by atoms with E-state index in [1.807, 2.05) is 20.8 Å². The molecular weight excluding hydrogens is 522 g/mol. The molecule has 2 N–H and O–H groups in total. The minimum Gasteiger partial charge on any atom is -0.462 e. The number of carbonyl (C=O) groups excluding carboxylic acids is 3. The van der Waals surface area contributed by atoms with Crippen molar-refractivity contribution in [2.75, 3.05) is 18.5 Å². The van der Waals surface area contributed by atoms with Gasteiger partial charge in [0.2, 0.25) is 0 Å². The number of thiophene rings is 2. The molecule has 1 aliphatic heterocycles. The van der Waals surface area contributed by atoms with Gasteiger partial charge in [-0.3, -0.25) is 5.32 Å². The molecule has 3 amide bonds. The molecule has 0 fully saturated rings. The van der Waals surface area contributed by atoms with Gasteiger partial charge in [-0.2, -0.15) is 0 Å². The third-order valence-corrected chi connectivity index (χ3v) is 8.79. The van der Waals surface area contributed by atoms with Crippen LogP contribution in [0.2, 0.25) is 4.34 Å². The van der Waals surface area contributed by atoms with Crippen molar-refractivity contribution in [2.24, 2.45) is 0 Å². The van der Waals surface area contributed by atoms with Crippen molar-refractivity contribution in [2.45, 2.75) is 78.5 Å². The van der Waals surface area contributed by atoms with Crippen LogP contribution in [0, 0.1) is 0 Å². The van der Waals surface area contributed by atoms with E-state index in [4.69, 9.17) is 21.1 Å². The van der Waals surface area contributed by atoms with E-state index in [1.54, 1.807) is 11.8 Å². The number of nitrogens with zero attached hydrogens (tertiary/aromatic N) is 1. The molecule has 2 aromatic heterocycles. The number of hydrogen-bond acceptors (Lipinski definition) is 7. The van der Waals surface area contributed by atoms with Gasteiger partial charge in [0.05, 0.1) is 23.1 Å². The summed E-state index contributed by atoms with van der Waals surface area (Å²) in [6.07, 6.45) is 4.13. The Labute approximate surface area is 224 Å². The molecule has 0 unspecified atom stereocenters. The molecule has 8 nitrogen and oxygen atoms in total.